The van der Waals surface area contributed by atoms with Crippen LogP contribution in [0, 0.1) is 0 Å². The second-order valence-corrected chi connectivity index (χ2v) is 10.8. The molecule has 2 fully saturated rings. The van der Waals surface area contributed by atoms with Crippen LogP contribution < -0.4 is 5.32 Å². The Kier molecular flexibility index (Phi) is 6.86. The maximum absolute atomic E-state index is 13.2. The fourth-order valence-electron chi connectivity index (χ4n) is 4.86. The number of hydrogen-bond donors (Lipinski definition) is 1. The Bertz CT molecular complexity index is 1110. The maximum Gasteiger partial charge on any atom is 0.256 e. The molecule has 2 aromatic rings. The van der Waals surface area contributed by atoms with Crippen LogP contribution in [0.1, 0.15) is 66.7 Å². The van der Waals surface area contributed by atoms with E-state index in [1.54, 1.807) is 45.6 Å². The second kappa shape index (κ2) is 9.65. The lowest BCUT2D eigenvalue weighted by molar-refractivity contribution is 0.0787. The van der Waals surface area contributed by atoms with Crippen LogP contribution in [-0.2, 0) is 10.0 Å². The fraction of sp³-hybridized carbons (Fsp3) is 0.440. The van der Waals surface area contributed by atoms with E-state index in [1.807, 2.05) is 13.8 Å². The third-order valence-corrected chi connectivity index (χ3v) is 8.74. The Hall–Kier alpha value is -2.71. The Morgan fingerprint density at radius 3 is 2.03 bits per heavy atom. The third-order valence-electron chi connectivity index (χ3n) is 6.60. The molecule has 2 unspecified atom stereocenters. The number of rotatable bonds is 5. The standard InChI is InChI=1S/C25H31N3O4S/c1-18-8-7-9-19(2)28(18)33(31,32)21-14-12-20(13-15-21)26-24(29)22-10-3-4-11-23(22)25(30)27-16-5-6-17-27/h3-4,10-15,18-19H,5-9,16-17H2,1-2H3,(H,26,29). The molecule has 0 aliphatic carbocycles. The van der Waals surface area contributed by atoms with E-state index in [-0.39, 0.29) is 22.9 Å². The first kappa shape index (κ1) is 23.4. The number of amides is 2. The van der Waals surface area contributed by atoms with Gasteiger partial charge in [-0.2, -0.15) is 4.31 Å². The van der Waals surface area contributed by atoms with Gasteiger partial charge in [0.1, 0.15) is 0 Å². The largest absolute Gasteiger partial charge is 0.339 e. The van der Waals surface area contributed by atoms with Gasteiger partial charge in [-0.3, -0.25) is 9.59 Å². The number of sulfonamides is 1. The zero-order valence-corrected chi connectivity index (χ0v) is 20.0. The van der Waals surface area contributed by atoms with Crippen molar-refractivity contribution in [3.63, 3.8) is 0 Å². The van der Waals surface area contributed by atoms with Gasteiger partial charge in [0.05, 0.1) is 16.0 Å². The summed E-state index contributed by atoms with van der Waals surface area (Å²) < 4.78 is 28.0. The normalized spacial score (nSPS) is 21.7. The van der Waals surface area contributed by atoms with E-state index in [9.17, 15) is 18.0 Å². The zero-order valence-electron chi connectivity index (χ0n) is 19.2. The Morgan fingerprint density at radius 1 is 0.848 bits per heavy atom. The summed E-state index contributed by atoms with van der Waals surface area (Å²) in [6.45, 7) is 5.31. The first-order valence-electron chi connectivity index (χ1n) is 11.6. The van der Waals surface area contributed by atoms with Crippen molar-refractivity contribution in [2.45, 2.75) is 62.9 Å². The van der Waals surface area contributed by atoms with Gasteiger partial charge in [-0.15, -0.1) is 0 Å². The van der Waals surface area contributed by atoms with Crippen molar-refractivity contribution in [1.82, 2.24) is 9.21 Å². The van der Waals surface area contributed by atoms with E-state index < -0.39 is 15.9 Å². The molecule has 0 saturated carbocycles. The molecule has 1 N–H and O–H groups in total. The van der Waals surface area contributed by atoms with Crippen LogP contribution in [0.3, 0.4) is 0 Å². The van der Waals surface area contributed by atoms with E-state index in [2.05, 4.69) is 5.32 Å². The minimum Gasteiger partial charge on any atom is -0.339 e. The summed E-state index contributed by atoms with van der Waals surface area (Å²) in [5.74, 6) is -0.531. The van der Waals surface area contributed by atoms with Crippen LogP contribution >= 0.6 is 0 Å². The van der Waals surface area contributed by atoms with E-state index in [1.165, 1.54) is 12.1 Å². The number of benzene rings is 2. The SMILES string of the molecule is CC1CCCC(C)N1S(=O)(=O)c1ccc(NC(=O)c2ccccc2C(=O)N2CCCC2)cc1. The van der Waals surface area contributed by atoms with Gasteiger partial charge in [-0.1, -0.05) is 18.6 Å². The highest BCUT2D eigenvalue weighted by Gasteiger charge is 2.35. The number of anilines is 1. The maximum atomic E-state index is 13.2. The van der Waals surface area contributed by atoms with Crippen LogP contribution in [0.25, 0.3) is 0 Å². The molecular weight excluding hydrogens is 438 g/mol. The molecule has 0 bridgehead atoms. The Balaban J connectivity index is 1.51. The minimum atomic E-state index is -3.61. The highest BCUT2D eigenvalue weighted by Crippen LogP contribution is 2.30. The average Bonchev–Trinajstić information content (AvgIpc) is 3.34. The number of hydrogen-bond acceptors (Lipinski definition) is 4. The molecule has 0 spiro atoms. The molecule has 8 heteroatoms. The van der Waals surface area contributed by atoms with Gasteiger partial charge in [0.25, 0.3) is 11.8 Å². The van der Waals surface area contributed by atoms with Gasteiger partial charge in [0.15, 0.2) is 0 Å². The predicted molar refractivity (Wildman–Crippen MR) is 128 cm³/mol. The summed E-state index contributed by atoms with van der Waals surface area (Å²) in [5.41, 5.74) is 1.16. The molecule has 2 aromatic carbocycles. The molecule has 33 heavy (non-hydrogen) atoms. The minimum absolute atomic E-state index is 0.0391. The molecule has 2 amide bonds. The first-order chi connectivity index (χ1) is 15.8. The monoisotopic (exact) mass is 469 g/mol. The number of nitrogens with one attached hydrogen (secondary N) is 1. The van der Waals surface area contributed by atoms with Crippen molar-refractivity contribution in [2.75, 3.05) is 18.4 Å². The van der Waals surface area contributed by atoms with E-state index in [4.69, 9.17) is 0 Å². The van der Waals surface area contributed by atoms with Crippen LogP contribution in [-0.4, -0.2) is 54.6 Å². The van der Waals surface area contributed by atoms with Gasteiger partial charge in [-0.25, -0.2) is 8.42 Å². The molecule has 2 atom stereocenters. The summed E-state index contributed by atoms with van der Waals surface area (Å²) in [4.78, 5) is 27.8. The number of carbonyl (C=O) groups is 2. The van der Waals surface area contributed by atoms with Gasteiger partial charge in [0.2, 0.25) is 10.0 Å². The van der Waals surface area contributed by atoms with Gasteiger partial charge in [-0.05, 0) is 75.9 Å². The molecular formula is C25H31N3O4S. The molecule has 176 valence electrons. The molecule has 0 radical (unpaired) electrons. The lowest BCUT2D eigenvalue weighted by Crippen LogP contribution is -2.47. The van der Waals surface area contributed by atoms with E-state index >= 15 is 0 Å². The van der Waals surface area contributed by atoms with Crippen molar-refractivity contribution < 1.29 is 18.0 Å². The second-order valence-electron chi connectivity index (χ2n) is 8.99. The fourth-order valence-corrected chi connectivity index (χ4v) is 6.74. The van der Waals surface area contributed by atoms with Crippen molar-refractivity contribution >= 4 is 27.5 Å². The van der Waals surface area contributed by atoms with Crippen molar-refractivity contribution in [1.29, 1.82) is 0 Å². The summed E-state index contributed by atoms with van der Waals surface area (Å²) in [5, 5.41) is 2.80. The zero-order chi connectivity index (χ0) is 23.6. The van der Waals surface area contributed by atoms with Gasteiger partial charge in [0, 0.05) is 30.9 Å². The average molecular weight is 470 g/mol. The molecule has 7 nitrogen and oxygen atoms in total. The highest BCUT2D eigenvalue weighted by atomic mass is 32.2. The quantitative estimate of drug-likeness (QED) is 0.713. The number of carbonyl (C=O) groups excluding carboxylic acids is 2. The van der Waals surface area contributed by atoms with E-state index in [0.717, 1.165) is 32.1 Å². The molecule has 2 aliphatic rings. The summed E-state index contributed by atoms with van der Waals surface area (Å²) >= 11 is 0. The van der Waals surface area contributed by atoms with Gasteiger partial charge < -0.3 is 10.2 Å². The summed E-state index contributed by atoms with van der Waals surface area (Å²) in [6.07, 6.45) is 4.69. The van der Waals surface area contributed by atoms with Crippen LogP contribution in [0.2, 0.25) is 0 Å². The lowest BCUT2D eigenvalue weighted by Gasteiger charge is -2.37. The molecule has 2 heterocycles. The highest BCUT2D eigenvalue weighted by molar-refractivity contribution is 7.89. The predicted octanol–water partition coefficient (Wildman–Crippen LogP) is 4.13. The number of nitrogens with zero attached hydrogens (tertiary/aromatic N) is 2. The van der Waals surface area contributed by atoms with Crippen molar-refractivity contribution in [3.05, 3.63) is 59.7 Å². The van der Waals surface area contributed by atoms with Crippen LogP contribution in [0.5, 0.6) is 0 Å². The Morgan fingerprint density at radius 2 is 1.42 bits per heavy atom. The molecule has 2 aliphatic heterocycles. The number of piperidine rings is 1. The van der Waals surface area contributed by atoms with Gasteiger partial charge >= 0.3 is 0 Å². The topological polar surface area (TPSA) is 86.8 Å². The summed E-state index contributed by atoms with van der Waals surface area (Å²) in [6, 6.07) is 13.0. The lowest BCUT2D eigenvalue weighted by atomic mass is 10.0. The molecule has 4 rings (SSSR count). The summed E-state index contributed by atoms with van der Waals surface area (Å²) in [7, 11) is -3.61. The molecule has 0 aromatic heterocycles. The third kappa shape index (κ3) is 4.82. The first-order valence-corrected chi connectivity index (χ1v) is 13.1. The van der Waals surface area contributed by atoms with Crippen molar-refractivity contribution in [2.24, 2.45) is 0 Å². The number of likely N-dealkylation sites (tertiary alicyclic amines) is 1. The van der Waals surface area contributed by atoms with Crippen LogP contribution in [0.15, 0.2) is 53.4 Å². The van der Waals surface area contributed by atoms with Crippen LogP contribution in [0.4, 0.5) is 5.69 Å². The Labute approximate surface area is 195 Å². The van der Waals surface area contributed by atoms with Crippen molar-refractivity contribution in [3.8, 4) is 0 Å². The smallest absolute Gasteiger partial charge is 0.256 e. The molecule has 2 saturated heterocycles. The van der Waals surface area contributed by atoms with E-state index in [0.29, 0.717) is 29.9 Å².